The van der Waals surface area contributed by atoms with Crippen LogP contribution in [0.25, 0.3) is 0 Å². The Labute approximate surface area is 138 Å². The molecule has 0 aliphatic heterocycles. The average Bonchev–Trinajstić information content (AvgIpc) is 2.51. The van der Waals surface area contributed by atoms with Gasteiger partial charge in [0, 0.05) is 24.1 Å². The molecule has 0 aromatic heterocycles. The van der Waals surface area contributed by atoms with E-state index in [1.54, 1.807) is 11.8 Å². The zero-order valence-corrected chi connectivity index (χ0v) is 13.4. The number of thiocarbonyl (C=S) groups is 1. The Hall–Kier alpha value is -1.66. The molecule has 0 amide bonds. The fourth-order valence-corrected chi connectivity index (χ4v) is 2.79. The second-order valence-electron chi connectivity index (χ2n) is 4.54. The zero-order valence-electron chi connectivity index (χ0n) is 11.8. The smallest absolute Gasteiger partial charge is 0.170 e. The predicted octanol–water partition coefficient (Wildman–Crippen LogP) is 4.18. The number of anilines is 1. The fourth-order valence-electron chi connectivity index (χ4n) is 1.76. The molecule has 0 radical (unpaired) electrons. The van der Waals surface area contributed by atoms with E-state index in [2.05, 4.69) is 22.8 Å². The van der Waals surface area contributed by atoms with Crippen LogP contribution in [-0.2, 0) is 5.75 Å². The Bertz CT molecular complexity index is 621. The first-order chi connectivity index (χ1) is 10.6. The van der Waals surface area contributed by atoms with Crippen molar-refractivity contribution >= 4 is 34.8 Å². The quantitative estimate of drug-likeness (QED) is 0.609. The van der Waals surface area contributed by atoms with E-state index in [1.165, 1.54) is 17.7 Å². The van der Waals surface area contributed by atoms with Gasteiger partial charge in [-0.1, -0.05) is 30.3 Å². The van der Waals surface area contributed by atoms with Gasteiger partial charge >= 0.3 is 0 Å². The minimum Gasteiger partial charge on any atom is -0.362 e. The van der Waals surface area contributed by atoms with E-state index in [0.29, 0.717) is 11.7 Å². The Morgan fingerprint density at radius 3 is 2.59 bits per heavy atom. The highest BCUT2D eigenvalue weighted by atomic mass is 32.2. The second kappa shape index (κ2) is 8.70. The van der Waals surface area contributed by atoms with Crippen LogP contribution in [0.5, 0.6) is 0 Å². The maximum Gasteiger partial charge on any atom is 0.170 e. The van der Waals surface area contributed by atoms with E-state index in [-0.39, 0.29) is 5.69 Å². The third-order valence-electron chi connectivity index (χ3n) is 2.82. The van der Waals surface area contributed by atoms with Crippen molar-refractivity contribution in [3.63, 3.8) is 0 Å². The number of rotatable bonds is 6. The molecule has 0 atom stereocenters. The second-order valence-corrected chi connectivity index (χ2v) is 6.06. The van der Waals surface area contributed by atoms with Crippen molar-refractivity contribution in [2.75, 3.05) is 17.6 Å². The van der Waals surface area contributed by atoms with Crippen LogP contribution < -0.4 is 10.6 Å². The maximum atomic E-state index is 13.4. The van der Waals surface area contributed by atoms with Gasteiger partial charge in [-0.25, -0.2) is 8.78 Å². The fraction of sp³-hybridized carbons (Fsp3) is 0.188. The van der Waals surface area contributed by atoms with Crippen LogP contribution in [0.1, 0.15) is 5.56 Å². The molecule has 2 rings (SSSR count). The molecule has 0 aliphatic rings. The number of nitrogens with one attached hydrogen (secondary N) is 2. The summed E-state index contributed by atoms with van der Waals surface area (Å²) in [6.45, 7) is 0.673. The molecule has 2 aromatic rings. The molecule has 0 saturated heterocycles. The normalized spacial score (nSPS) is 10.3. The maximum absolute atomic E-state index is 13.4. The highest BCUT2D eigenvalue weighted by molar-refractivity contribution is 7.98. The third kappa shape index (κ3) is 5.61. The summed E-state index contributed by atoms with van der Waals surface area (Å²) in [7, 11) is 0. The van der Waals surface area contributed by atoms with Crippen molar-refractivity contribution in [2.24, 2.45) is 0 Å². The summed E-state index contributed by atoms with van der Waals surface area (Å²) in [5, 5.41) is 6.04. The molecule has 0 saturated carbocycles. The first-order valence-corrected chi connectivity index (χ1v) is 8.33. The highest BCUT2D eigenvalue weighted by Gasteiger charge is 2.05. The van der Waals surface area contributed by atoms with Gasteiger partial charge in [0.25, 0.3) is 0 Å². The standard InChI is InChI=1S/C16H16F2N2S2/c17-13-6-7-15(14(18)10-13)20-16(21)19-8-9-22-11-12-4-2-1-3-5-12/h1-7,10H,8-9,11H2,(H2,19,20,21). The first-order valence-electron chi connectivity index (χ1n) is 6.77. The molecular formula is C16H16F2N2S2. The van der Waals surface area contributed by atoms with Gasteiger partial charge < -0.3 is 10.6 Å². The lowest BCUT2D eigenvalue weighted by Gasteiger charge is -2.11. The molecule has 116 valence electrons. The van der Waals surface area contributed by atoms with E-state index in [0.717, 1.165) is 17.6 Å². The number of hydrogen-bond acceptors (Lipinski definition) is 2. The molecule has 0 aliphatic carbocycles. The van der Waals surface area contributed by atoms with Crippen LogP contribution in [-0.4, -0.2) is 17.4 Å². The van der Waals surface area contributed by atoms with Gasteiger partial charge in [0.15, 0.2) is 5.11 Å². The van der Waals surface area contributed by atoms with Gasteiger partial charge in [-0.05, 0) is 29.9 Å². The molecule has 6 heteroatoms. The SMILES string of the molecule is Fc1ccc(NC(=S)NCCSCc2ccccc2)c(F)c1. The largest absolute Gasteiger partial charge is 0.362 e. The molecule has 0 heterocycles. The summed E-state index contributed by atoms with van der Waals surface area (Å²) in [5.74, 6) is 0.541. The Morgan fingerprint density at radius 2 is 1.86 bits per heavy atom. The van der Waals surface area contributed by atoms with Crippen LogP contribution in [0.2, 0.25) is 0 Å². The van der Waals surface area contributed by atoms with E-state index in [4.69, 9.17) is 12.2 Å². The lowest BCUT2D eigenvalue weighted by atomic mass is 10.2. The molecule has 0 spiro atoms. The third-order valence-corrected chi connectivity index (χ3v) is 4.10. The van der Waals surface area contributed by atoms with Crippen molar-refractivity contribution in [3.8, 4) is 0 Å². The van der Waals surface area contributed by atoms with Crippen LogP contribution in [0.3, 0.4) is 0 Å². The van der Waals surface area contributed by atoms with Crippen molar-refractivity contribution in [1.29, 1.82) is 0 Å². The lowest BCUT2D eigenvalue weighted by Crippen LogP contribution is -2.30. The molecule has 0 bridgehead atoms. The summed E-state index contributed by atoms with van der Waals surface area (Å²) in [6, 6.07) is 13.5. The molecule has 2 nitrogen and oxygen atoms in total. The minimum atomic E-state index is -0.664. The number of halogens is 2. The van der Waals surface area contributed by atoms with Gasteiger partial charge in [0.05, 0.1) is 5.69 Å². The summed E-state index contributed by atoms with van der Waals surface area (Å²) >= 11 is 6.87. The zero-order chi connectivity index (χ0) is 15.8. The van der Waals surface area contributed by atoms with Crippen LogP contribution in [0, 0.1) is 11.6 Å². The molecule has 2 N–H and O–H groups in total. The van der Waals surface area contributed by atoms with Gasteiger partial charge in [-0.3, -0.25) is 0 Å². The van der Waals surface area contributed by atoms with Gasteiger partial charge in [0.2, 0.25) is 0 Å². The topological polar surface area (TPSA) is 24.1 Å². The minimum absolute atomic E-state index is 0.163. The number of benzene rings is 2. The lowest BCUT2D eigenvalue weighted by molar-refractivity contribution is 0.586. The molecule has 22 heavy (non-hydrogen) atoms. The number of thioether (sulfide) groups is 1. The van der Waals surface area contributed by atoms with E-state index < -0.39 is 11.6 Å². The molecule has 0 fully saturated rings. The first kappa shape index (κ1) is 16.7. The van der Waals surface area contributed by atoms with Gasteiger partial charge in [-0.2, -0.15) is 11.8 Å². The Morgan fingerprint density at radius 1 is 1.09 bits per heavy atom. The van der Waals surface area contributed by atoms with Gasteiger partial charge in [0.1, 0.15) is 11.6 Å². The number of hydrogen-bond donors (Lipinski definition) is 2. The monoisotopic (exact) mass is 338 g/mol. The highest BCUT2D eigenvalue weighted by Crippen LogP contribution is 2.14. The summed E-state index contributed by atoms with van der Waals surface area (Å²) in [4.78, 5) is 0. The Balaban J connectivity index is 1.65. The van der Waals surface area contributed by atoms with E-state index in [9.17, 15) is 8.78 Å². The van der Waals surface area contributed by atoms with Crippen molar-refractivity contribution < 1.29 is 8.78 Å². The average molecular weight is 338 g/mol. The molecule has 2 aromatic carbocycles. The summed E-state index contributed by atoms with van der Waals surface area (Å²) in [5.41, 5.74) is 1.44. The summed E-state index contributed by atoms with van der Waals surface area (Å²) < 4.78 is 26.2. The van der Waals surface area contributed by atoms with Crippen LogP contribution in [0.15, 0.2) is 48.5 Å². The van der Waals surface area contributed by atoms with E-state index in [1.807, 2.05) is 18.2 Å². The van der Waals surface area contributed by atoms with Crippen LogP contribution >= 0.6 is 24.0 Å². The van der Waals surface area contributed by atoms with Gasteiger partial charge in [-0.15, -0.1) is 0 Å². The summed E-state index contributed by atoms with van der Waals surface area (Å²) in [6.07, 6.45) is 0. The van der Waals surface area contributed by atoms with E-state index >= 15 is 0 Å². The van der Waals surface area contributed by atoms with Crippen molar-refractivity contribution in [1.82, 2.24) is 5.32 Å². The van der Waals surface area contributed by atoms with Crippen molar-refractivity contribution in [2.45, 2.75) is 5.75 Å². The predicted molar refractivity (Wildman–Crippen MR) is 93.2 cm³/mol. The molecule has 0 unspecified atom stereocenters. The van der Waals surface area contributed by atoms with Crippen molar-refractivity contribution in [3.05, 3.63) is 65.7 Å². The Kier molecular flexibility index (Phi) is 6.61. The van der Waals surface area contributed by atoms with Crippen LogP contribution in [0.4, 0.5) is 14.5 Å². The molecular weight excluding hydrogens is 322 g/mol.